The van der Waals surface area contributed by atoms with Crippen molar-refractivity contribution in [3.63, 3.8) is 0 Å². The molecule has 0 bridgehead atoms. The highest BCUT2D eigenvalue weighted by molar-refractivity contribution is 6.30. The minimum absolute atomic E-state index is 0.449. The number of aliphatic hydroxyl groups excluding tert-OH is 1. The van der Waals surface area contributed by atoms with Crippen molar-refractivity contribution in [1.82, 2.24) is 0 Å². The second-order valence-corrected chi connectivity index (χ2v) is 6.10. The van der Waals surface area contributed by atoms with Gasteiger partial charge < -0.3 is 9.84 Å². The molecule has 118 valence electrons. The predicted molar refractivity (Wildman–Crippen MR) is 95.2 cm³/mol. The molecule has 1 unspecified atom stereocenters. The molecule has 23 heavy (non-hydrogen) atoms. The van der Waals surface area contributed by atoms with Gasteiger partial charge in [-0.2, -0.15) is 0 Å². The third-order valence-corrected chi connectivity index (χ3v) is 4.20. The van der Waals surface area contributed by atoms with Gasteiger partial charge in [-0.05, 0) is 53.1 Å². The van der Waals surface area contributed by atoms with Crippen LogP contribution < -0.4 is 4.74 Å². The van der Waals surface area contributed by atoms with Crippen LogP contribution in [-0.2, 0) is 0 Å². The lowest BCUT2D eigenvalue weighted by Gasteiger charge is -2.13. The van der Waals surface area contributed by atoms with Crippen LogP contribution in [0.1, 0.15) is 23.7 Å². The van der Waals surface area contributed by atoms with E-state index in [1.54, 1.807) is 12.1 Å². The standard InChI is InChI=1S/C20H19ClO2/c1-14-4-2-5-15-13-18(8-9-19(14)15)23-11-10-20(22)16-6-3-7-17(21)12-16/h2-9,12-13,20,22H,10-11H2,1H3. The summed E-state index contributed by atoms with van der Waals surface area (Å²) >= 11 is 5.94. The second-order valence-electron chi connectivity index (χ2n) is 5.67. The Morgan fingerprint density at radius 3 is 2.70 bits per heavy atom. The number of aliphatic hydroxyl groups is 1. The van der Waals surface area contributed by atoms with Crippen molar-refractivity contribution in [3.8, 4) is 5.75 Å². The number of halogens is 1. The Balaban J connectivity index is 1.62. The van der Waals surface area contributed by atoms with Crippen molar-refractivity contribution in [1.29, 1.82) is 0 Å². The van der Waals surface area contributed by atoms with E-state index in [0.29, 0.717) is 18.1 Å². The summed E-state index contributed by atoms with van der Waals surface area (Å²) in [7, 11) is 0. The highest BCUT2D eigenvalue weighted by Crippen LogP contribution is 2.25. The van der Waals surface area contributed by atoms with Gasteiger partial charge in [0.15, 0.2) is 0 Å². The summed E-state index contributed by atoms with van der Waals surface area (Å²) in [5.41, 5.74) is 2.07. The molecule has 0 aliphatic heterocycles. The number of aryl methyl sites for hydroxylation is 1. The first kappa shape index (κ1) is 15.9. The molecule has 0 fully saturated rings. The molecule has 0 saturated carbocycles. The van der Waals surface area contributed by atoms with Crippen LogP contribution in [0.4, 0.5) is 0 Å². The van der Waals surface area contributed by atoms with E-state index in [1.807, 2.05) is 30.3 Å². The Bertz CT molecular complexity index is 814. The van der Waals surface area contributed by atoms with Gasteiger partial charge in [-0.15, -0.1) is 0 Å². The first-order chi connectivity index (χ1) is 11.1. The van der Waals surface area contributed by atoms with Crippen LogP contribution >= 0.6 is 11.6 Å². The summed E-state index contributed by atoms with van der Waals surface area (Å²) in [6.07, 6.45) is -0.0527. The molecule has 1 atom stereocenters. The highest BCUT2D eigenvalue weighted by atomic mass is 35.5. The van der Waals surface area contributed by atoms with Crippen LogP contribution in [0.15, 0.2) is 60.7 Å². The topological polar surface area (TPSA) is 29.5 Å². The number of rotatable bonds is 5. The molecule has 0 heterocycles. The van der Waals surface area contributed by atoms with Crippen molar-refractivity contribution >= 4 is 22.4 Å². The lowest BCUT2D eigenvalue weighted by Crippen LogP contribution is -2.05. The number of hydrogen-bond donors (Lipinski definition) is 1. The first-order valence-corrected chi connectivity index (χ1v) is 8.07. The molecule has 0 aromatic heterocycles. The lowest BCUT2D eigenvalue weighted by molar-refractivity contribution is 0.141. The van der Waals surface area contributed by atoms with Gasteiger partial charge in [-0.1, -0.05) is 48.0 Å². The van der Waals surface area contributed by atoms with E-state index in [-0.39, 0.29) is 0 Å². The van der Waals surface area contributed by atoms with E-state index in [9.17, 15) is 5.11 Å². The van der Waals surface area contributed by atoms with Crippen molar-refractivity contribution in [2.75, 3.05) is 6.61 Å². The van der Waals surface area contributed by atoms with Gasteiger partial charge in [0, 0.05) is 11.4 Å². The molecule has 1 N–H and O–H groups in total. The van der Waals surface area contributed by atoms with Crippen molar-refractivity contribution in [2.45, 2.75) is 19.4 Å². The molecule has 0 saturated heterocycles. The van der Waals surface area contributed by atoms with E-state index in [2.05, 4.69) is 25.1 Å². The van der Waals surface area contributed by atoms with Gasteiger partial charge in [-0.3, -0.25) is 0 Å². The lowest BCUT2D eigenvalue weighted by atomic mass is 10.1. The minimum Gasteiger partial charge on any atom is -0.493 e. The third-order valence-electron chi connectivity index (χ3n) is 3.96. The zero-order chi connectivity index (χ0) is 16.2. The fourth-order valence-corrected chi connectivity index (χ4v) is 2.88. The van der Waals surface area contributed by atoms with E-state index >= 15 is 0 Å². The molecule has 3 aromatic rings. The molecule has 0 spiro atoms. The number of ether oxygens (including phenoxy) is 1. The Labute approximate surface area is 141 Å². The summed E-state index contributed by atoms with van der Waals surface area (Å²) in [6, 6.07) is 19.6. The Kier molecular flexibility index (Phi) is 4.85. The summed E-state index contributed by atoms with van der Waals surface area (Å²) in [6.45, 7) is 2.55. The molecule has 2 nitrogen and oxygen atoms in total. The molecular weight excluding hydrogens is 308 g/mol. The van der Waals surface area contributed by atoms with Crippen LogP contribution in [-0.4, -0.2) is 11.7 Å². The summed E-state index contributed by atoms with van der Waals surface area (Å²) < 4.78 is 5.78. The first-order valence-electron chi connectivity index (χ1n) is 7.69. The van der Waals surface area contributed by atoms with Gasteiger partial charge >= 0.3 is 0 Å². The van der Waals surface area contributed by atoms with E-state index < -0.39 is 6.10 Å². The fraction of sp³-hybridized carbons (Fsp3) is 0.200. The molecule has 0 radical (unpaired) electrons. The average molecular weight is 327 g/mol. The molecule has 0 aliphatic carbocycles. The summed E-state index contributed by atoms with van der Waals surface area (Å²) in [5.74, 6) is 0.821. The minimum atomic E-state index is -0.573. The van der Waals surface area contributed by atoms with Crippen LogP contribution in [0, 0.1) is 6.92 Å². The quantitative estimate of drug-likeness (QED) is 0.689. The number of benzene rings is 3. The normalized spacial score (nSPS) is 12.3. The van der Waals surface area contributed by atoms with Gasteiger partial charge in [-0.25, -0.2) is 0 Å². The summed E-state index contributed by atoms with van der Waals surface area (Å²) in [5, 5.41) is 13.2. The Morgan fingerprint density at radius 1 is 1.04 bits per heavy atom. The maximum absolute atomic E-state index is 10.2. The number of fused-ring (bicyclic) bond motifs is 1. The fourth-order valence-electron chi connectivity index (χ4n) is 2.68. The van der Waals surface area contributed by atoms with E-state index in [0.717, 1.165) is 16.7 Å². The van der Waals surface area contributed by atoms with Crippen LogP contribution in [0.25, 0.3) is 10.8 Å². The zero-order valence-electron chi connectivity index (χ0n) is 13.0. The number of hydrogen-bond acceptors (Lipinski definition) is 2. The van der Waals surface area contributed by atoms with Crippen molar-refractivity contribution in [3.05, 3.63) is 76.8 Å². The maximum Gasteiger partial charge on any atom is 0.119 e. The molecule has 3 rings (SSSR count). The van der Waals surface area contributed by atoms with Gasteiger partial charge in [0.1, 0.15) is 5.75 Å². The molecule has 0 aliphatic rings. The van der Waals surface area contributed by atoms with Crippen LogP contribution in [0.3, 0.4) is 0 Å². The molecular formula is C20H19ClO2. The molecule has 3 aromatic carbocycles. The monoisotopic (exact) mass is 326 g/mol. The van der Waals surface area contributed by atoms with Gasteiger partial charge in [0.25, 0.3) is 0 Å². The molecule has 0 amide bonds. The zero-order valence-corrected chi connectivity index (χ0v) is 13.8. The maximum atomic E-state index is 10.2. The largest absolute Gasteiger partial charge is 0.493 e. The third kappa shape index (κ3) is 3.84. The van der Waals surface area contributed by atoms with Gasteiger partial charge in [0.2, 0.25) is 0 Å². The van der Waals surface area contributed by atoms with Gasteiger partial charge in [0.05, 0.1) is 12.7 Å². The summed E-state index contributed by atoms with van der Waals surface area (Å²) in [4.78, 5) is 0. The Morgan fingerprint density at radius 2 is 1.87 bits per heavy atom. The van der Waals surface area contributed by atoms with Crippen molar-refractivity contribution in [2.24, 2.45) is 0 Å². The van der Waals surface area contributed by atoms with Crippen LogP contribution in [0.2, 0.25) is 5.02 Å². The van der Waals surface area contributed by atoms with Crippen LogP contribution in [0.5, 0.6) is 5.75 Å². The Hall–Kier alpha value is -2.03. The average Bonchev–Trinajstić information content (AvgIpc) is 2.55. The SMILES string of the molecule is Cc1cccc2cc(OCCC(O)c3cccc(Cl)c3)ccc12. The smallest absolute Gasteiger partial charge is 0.119 e. The molecule has 3 heteroatoms. The second kappa shape index (κ2) is 7.03. The van der Waals surface area contributed by atoms with E-state index in [4.69, 9.17) is 16.3 Å². The van der Waals surface area contributed by atoms with E-state index in [1.165, 1.54) is 10.9 Å². The highest BCUT2D eigenvalue weighted by Gasteiger charge is 2.08. The predicted octanol–water partition coefficient (Wildman–Crippen LogP) is 5.30. The van der Waals surface area contributed by atoms with Crippen molar-refractivity contribution < 1.29 is 9.84 Å².